The van der Waals surface area contributed by atoms with E-state index >= 15 is 0 Å². The second-order valence-electron chi connectivity index (χ2n) is 8.17. The van der Waals surface area contributed by atoms with E-state index in [0.717, 1.165) is 5.92 Å². The van der Waals surface area contributed by atoms with Crippen molar-refractivity contribution in [2.75, 3.05) is 0 Å². The largest absolute Gasteiger partial charge is 0.307 e. The molecule has 118 valence electrons. The number of rotatable bonds is 5. The van der Waals surface area contributed by atoms with Crippen LogP contribution < -0.4 is 5.32 Å². The monoisotopic (exact) mass is 287 g/mol. The molecule has 1 aromatic rings. The van der Waals surface area contributed by atoms with Gasteiger partial charge in [0.2, 0.25) is 0 Å². The van der Waals surface area contributed by atoms with Crippen molar-refractivity contribution in [2.45, 2.75) is 78.8 Å². The summed E-state index contributed by atoms with van der Waals surface area (Å²) in [6, 6.07) is 10.4. The predicted molar refractivity (Wildman–Crippen MR) is 92.6 cm³/mol. The van der Waals surface area contributed by atoms with Gasteiger partial charge in [-0.15, -0.1) is 0 Å². The van der Waals surface area contributed by atoms with Gasteiger partial charge in [-0.3, -0.25) is 0 Å². The fourth-order valence-corrected chi connectivity index (χ4v) is 3.43. The number of hydrogen-bond acceptors (Lipinski definition) is 1. The average molecular weight is 287 g/mol. The third-order valence-corrected chi connectivity index (χ3v) is 4.95. The van der Waals surface area contributed by atoms with E-state index in [9.17, 15) is 0 Å². The van der Waals surface area contributed by atoms with Crippen LogP contribution in [0.4, 0.5) is 0 Å². The van der Waals surface area contributed by atoms with Crippen molar-refractivity contribution in [1.29, 1.82) is 0 Å². The second kappa shape index (κ2) is 6.96. The highest BCUT2D eigenvalue weighted by atomic mass is 14.9. The molecule has 1 aliphatic rings. The molecule has 1 saturated carbocycles. The molecule has 0 saturated heterocycles. The van der Waals surface area contributed by atoms with Crippen LogP contribution in [0.2, 0.25) is 0 Å². The topological polar surface area (TPSA) is 12.0 Å². The number of nitrogens with one attached hydrogen (secondary N) is 1. The van der Waals surface area contributed by atoms with Gasteiger partial charge in [0.25, 0.3) is 0 Å². The molecule has 1 fully saturated rings. The van der Waals surface area contributed by atoms with E-state index in [1.54, 1.807) is 0 Å². The van der Waals surface area contributed by atoms with Gasteiger partial charge in [0.05, 0.1) is 0 Å². The van der Waals surface area contributed by atoms with Gasteiger partial charge >= 0.3 is 0 Å². The molecule has 0 spiro atoms. The highest BCUT2D eigenvalue weighted by Crippen LogP contribution is 2.35. The summed E-state index contributed by atoms with van der Waals surface area (Å²) in [7, 11) is 0. The summed E-state index contributed by atoms with van der Waals surface area (Å²) in [5.74, 6) is 0.733. The molecule has 0 aliphatic heterocycles. The minimum absolute atomic E-state index is 0.462. The first-order valence-electron chi connectivity index (χ1n) is 8.70. The van der Waals surface area contributed by atoms with Crippen molar-refractivity contribution in [3.8, 4) is 0 Å². The summed E-state index contributed by atoms with van der Waals surface area (Å²) in [6.45, 7) is 11.7. The maximum atomic E-state index is 3.83. The summed E-state index contributed by atoms with van der Waals surface area (Å²) < 4.78 is 0. The van der Waals surface area contributed by atoms with E-state index in [1.165, 1.54) is 43.2 Å². The molecule has 1 unspecified atom stereocenters. The molecular formula is C20H33N. The fraction of sp³-hybridized carbons (Fsp3) is 0.700. The zero-order valence-electron chi connectivity index (χ0n) is 14.6. The fourth-order valence-electron chi connectivity index (χ4n) is 3.43. The first kappa shape index (κ1) is 16.5. The molecule has 2 rings (SSSR count). The van der Waals surface area contributed by atoms with Crippen molar-refractivity contribution >= 4 is 0 Å². The van der Waals surface area contributed by atoms with Crippen LogP contribution in [0, 0.1) is 11.3 Å². The van der Waals surface area contributed by atoms with E-state index < -0.39 is 0 Å². The molecule has 1 aliphatic carbocycles. The summed E-state index contributed by atoms with van der Waals surface area (Å²) >= 11 is 0. The van der Waals surface area contributed by atoms with E-state index in [2.05, 4.69) is 64.2 Å². The summed E-state index contributed by atoms with van der Waals surface area (Å²) in [6.07, 6.45) is 6.53. The SMILES string of the molecule is CC(C)Cc1ccc(C(C)NC2CCC(C)(C)CC2)cc1. The van der Waals surface area contributed by atoms with E-state index in [4.69, 9.17) is 0 Å². The zero-order chi connectivity index (χ0) is 15.5. The first-order chi connectivity index (χ1) is 9.85. The molecule has 1 aromatic carbocycles. The van der Waals surface area contributed by atoms with Crippen molar-refractivity contribution in [1.82, 2.24) is 5.32 Å². The Morgan fingerprint density at radius 3 is 2.14 bits per heavy atom. The standard InChI is InChI=1S/C20H33N/c1-15(2)14-17-6-8-18(9-7-17)16(3)21-19-10-12-20(4,5)13-11-19/h6-9,15-16,19,21H,10-14H2,1-5H3. The molecule has 1 atom stereocenters. The molecule has 0 heterocycles. The molecular weight excluding hydrogens is 254 g/mol. The van der Waals surface area contributed by atoms with Gasteiger partial charge < -0.3 is 5.32 Å². The van der Waals surface area contributed by atoms with Crippen LogP contribution >= 0.6 is 0 Å². The minimum atomic E-state index is 0.462. The van der Waals surface area contributed by atoms with Crippen LogP contribution in [-0.4, -0.2) is 6.04 Å². The van der Waals surface area contributed by atoms with Crippen LogP contribution in [0.3, 0.4) is 0 Å². The van der Waals surface area contributed by atoms with E-state index in [-0.39, 0.29) is 0 Å². The van der Waals surface area contributed by atoms with Crippen LogP contribution in [0.25, 0.3) is 0 Å². The lowest BCUT2D eigenvalue weighted by Gasteiger charge is -2.36. The van der Waals surface area contributed by atoms with Crippen LogP contribution in [0.15, 0.2) is 24.3 Å². The summed E-state index contributed by atoms with van der Waals surface area (Å²) in [5.41, 5.74) is 3.44. The first-order valence-corrected chi connectivity index (χ1v) is 8.70. The Kier molecular flexibility index (Phi) is 5.48. The molecule has 0 amide bonds. The highest BCUT2D eigenvalue weighted by molar-refractivity contribution is 5.25. The van der Waals surface area contributed by atoms with Gasteiger partial charge in [-0.1, -0.05) is 52.0 Å². The third-order valence-electron chi connectivity index (χ3n) is 4.95. The molecule has 21 heavy (non-hydrogen) atoms. The van der Waals surface area contributed by atoms with Crippen molar-refractivity contribution in [2.24, 2.45) is 11.3 Å². The lowest BCUT2D eigenvalue weighted by atomic mass is 9.75. The molecule has 0 radical (unpaired) electrons. The molecule has 1 N–H and O–H groups in total. The quantitative estimate of drug-likeness (QED) is 0.753. The van der Waals surface area contributed by atoms with Crippen molar-refractivity contribution in [3.63, 3.8) is 0 Å². The van der Waals surface area contributed by atoms with Gasteiger partial charge in [-0.25, -0.2) is 0 Å². The normalized spacial score (nSPS) is 20.7. The summed E-state index contributed by atoms with van der Waals surface area (Å²) in [5, 5.41) is 3.83. The Labute approximate surface area is 131 Å². The maximum absolute atomic E-state index is 3.83. The molecule has 1 nitrogen and oxygen atoms in total. The molecule has 0 aromatic heterocycles. The van der Waals surface area contributed by atoms with Gasteiger partial charge in [0.1, 0.15) is 0 Å². The zero-order valence-corrected chi connectivity index (χ0v) is 14.6. The van der Waals surface area contributed by atoms with E-state index in [1.807, 2.05) is 0 Å². The highest BCUT2D eigenvalue weighted by Gasteiger charge is 2.27. The predicted octanol–water partition coefficient (Wildman–Crippen LogP) is 5.50. The number of benzene rings is 1. The summed E-state index contributed by atoms with van der Waals surface area (Å²) in [4.78, 5) is 0. The van der Waals surface area contributed by atoms with Gasteiger partial charge in [-0.05, 0) is 61.5 Å². The third kappa shape index (κ3) is 5.14. The Morgan fingerprint density at radius 1 is 1.05 bits per heavy atom. The Balaban J connectivity index is 1.87. The second-order valence-corrected chi connectivity index (χ2v) is 8.17. The van der Waals surface area contributed by atoms with Gasteiger partial charge in [0.15, 0.2) is 0 Å². The lowest BCUT2D eigenvalue weighted by molar-refractivity contribution is 0.200. The maximum Gasteiger partial charge on any atom is 0.0294 e. The Bertz CT molecular complexity index is 420. The van der Waals surface area contributed by atoms with Crippen molar-refractivity contribution < 1.29 is 0 Å². The Morgan fingerprint density at radius 2 is 1.62 bits per heavy atom. The minimum Gasteiger partial charge on any atom is -0.307 e. The van der Waals surface area contributed by atoms with Crippen molar-refractivity contribution in [3.05, 3.63) is 35.4 Å². The van der Waals surface area contributed by atoms with Crippen LogP contribution in [-0.2, 0) is 6.42 Å². The van der Waals surface area contributed by atoms with Crippen LogP contribution in [0.5, 0.6) is 0 Å². The average Bonchev–Trinajstić information content (AvgIpc) is 2.41. The number of hydrogen-bond donors (Lipinski definition) is 1. The smallest absolute Gasteiger partial charge is 0.0294 e. The van der Waals surface area contributed by atoms with Gasteiger partial charge in [0, 0.05) is 12.1 Å². The lowest BCUT2D eigenvalue weighted by Crippen LogP contribution is -2.37. The van der Waals surface area contributed by atoms with E-state index in [0.29, 0.717) is 17.5 Å². The van der Waals surface area contributed by atoms with Crippen LogP contribution in [0.1, 0.15) is 77.5 Å². The van der Waals surface area contributed by atoms with Gasteiger partial charge in [-0.2, -0.15) is 0 Å². The Hall–Kier alpha value is -0.820. The molecule has 0 bridgehead atoms. The molecule has 1 heteroatoms.